The first kappa shape index (κ1) is 16.9. The van der Waals surface area contributed by atoms with Crippen LogP contribution in [-0.2, 0) is 36.7 Å². The number of hydrogen-bond donors (Lipinski definition) is 0. The molecule has 0 aliphatic carbocycles. The number of imidazole rings is 1. The molecule has 10 heteroatoms. The number of fused-ring (bicyclic) bond motifs is 1. The Morgan fingerprint density at radius 2 is 2.04 bits per heavy atom. The Kier molecular flexibility index (Phi) is 3.74. The van der Waals surface area contributed by atoms with Gasteiger partial charge in [0.15, 0.2) is 17.1 Å². The summed E-state index contributed by atoms with van der Waals surface area (Å²) < 4.78 is 47.8. The highest BCUT2D eigenvalue weighted by Crippen LogP contribution is 2.34. The van der Waals surface area contributed by atoms with E-state index in [9.17, 15) is 13.2 Å². The highest BCUT2D eigenvalue weighted by molar-refractivity contribution is 5.34. The van der Waals surface area contributed by atoms with E-state index in [1.54, 1.807) is 10.8 Å². The van der Waals surface area contributed by atoms with Crippen molar-refractivity contribution in [1.82, 2.24) is 24.3 Å². The van der Waals surface area contributed by atoms with E-state index in [0.29, 0.717) is 30.7 Å². The zero-order chi connectivity index (χ0) is 18.5. The van der Waals surface area contributed by atoms with Gasteiger partial charge in [0.2, 0.25) is 5.95 Å². The first-order valence-electron chi connectivity index (χ1n) is 8.39. The van der Waals surface area contributed by atoms with Gasteiger partial charge in [-0.2, -0.15) is 13.2 Å². The van der Waals surface area contributed by atoms with Crippen LogP contribution in [0.3, 0.4) is 0 Å². The lowest BCUT2D eigenvalue weighted by molar-refractivity contribution is -0.141. The second-order valence-corrected chi connectivity index (χ2v) is 6.80. The van der Waals surface area contributed by atoms with Gasteiger partial charge in [-0.1, -0.05) is 0 Å². The fourth-order valence-corrected chi connectivity index (χ4v) is 3.46. The standard InChI is InChI=1S/C16H19F3N6O/c1-15(5-3-4-8-26-15)13-21-22-14(23(13)2)25-7-6-24-9-11(16(17,18)19)20-12(24)10-25/h4,8-9H,3,5-7,10H2,1-2H3. The molecule has 0 saturated heterocycles. The van der Waals surface area contributed by atoms with E-state index in [0.717, 1.165) is 19.0 Å². The Hall–Kier alpha value is -2.52. The summed E-state index contributed by atoms with van der Waals surface area (Å²) in [4.78, 5) is 5.63. The van der Waals surface area contributed by atoms with Gasteiger partial charge < -0.3 is 14.2 Å². The van der Waals surface area contributed by atoms with E-state index in [4.69, 9.17) is 4.74 Å². The summed E-state index contributed by atoms with van der Waals surface area (Å²) >= 11 is 0. The molecule has 7 nitrogen and oxygen atoms in total. The summed E-state index contributed by atoms with van der Waals surface area (Å²) in [6, 6.07) is 0. The molecule has 0 amide bonds. The average molecular weight is 368 g/mol. The van der Waals surface area contributed by atoms with Crippen molar-refractivity contribution in [3.8, 4) is 0 Å². The monoisotopic (exact) mass is 368 g/mol. The number of nitrogens with zero attached hydrogens (tertiary/aromatic N) is 6. The summed E-state index contributed by atoms with van der Waals surface area (Å²) in [5.74, 6) is 1.67. The lowest BCUT2D eigenvalue weighted by Crippen LogP contribution is -2.36. The Morgan fingerprint density at radius 1 is 1.23 bits per heavy atom. The summed E-state index contributed by atoms with van der Waals surface area (Å²) in [6.45, 7) is 3.16. The molecule has 2 aromatic heterocycles. The van der Waals surface area contributed by atoms with Crippen LogP contribution < -0.4 is 4.90 Å². The first-order valence-corrected chi connectivity index (χ1v) is 8.39. The first-order chi connectivity index (χ1) is 12.3. The lowest BCUT2D eigenvalue weighted by atomic mass is 9.97. The topological polar surface area (TPSA) is 61.0 Å². The largest absolute Gasteiger partial charge is 0.487 e. The van der Waals surface area contributed by atoms with E-state index in [1.165, 1.54) is 0 Å². The molecule has 2 aliphatic rings. The van der Waals surface area contributed by atoms with Gasteiger partial charge in [-0.15, -0.1) is 10.2 Å². The van der Waals surface area contributed by atoms with Gasteiger partial charge in [-0.05, 0) is 25.8 Å². The van der Waals surface area contributed by atoms with Crippen molar-refractivity contribution < 1.29 is 17.9 Å². The van der Waals surface area contributed by atoms with Crippen LogP contribution in [0.2, 0.25) is 0 Å². The molecule has 2 aliphatic heterocycles. The highest BCUT2D eigenvalue weighted by atomic mass is 19.4. The van der Waals surface area contributed by atoms with Crippen LogP contribution in [-0.4, -0.2) is 30.9 Å². The number of hydrogen-bond acceptors (Lipinski definition) is 5. The third-order valence-electron chi connectivity index (χ3n) is 4.91. The van der Waals surface area contributed by atoms with E-state index >= 15 is 0 Å². The Morgan fingerprint density at radius 3 is 2.73 bits per heavy atom. The number of rotatable bonds is 2. The molecule has 0 saturated carbocycles. The van der Waals surface area contributed by atoms with Gasteiger partial charge in [0.25, 0.3) is 0 Å². The molecule has 1 unspecified atom stereocenters. The van der Waals surface area contributed by atoms with Crippen molar-refractivity contribution in [3.05, 3.63) is 35.9 Å². The molecular weight excluding hydrogens is 349 g/mol. The van der Waals surface area contributed by atoms with Crippen molar-refractivity contribution in [2.45, 2.75) is 44.6 Å². The van der Waals surface area contributed by atoms with E-state index in [1.807, 2.05) is 29.5 Å². The van der Waals surface area contributed by atoms with Crippen LogP contribution in [0.15, 0.2) is 18.5 Å². The molecule has 0 bridgehead atoms. The molecule has 140 valence electrons. The van der Waals surface area contributed by atoms with E-state index in [-0.39, 0.29) is 6.54 Å². The minimum atomic E-state index is -4.44. The summed E-state index contributed by atoms with van der Waals surface area (Å²) in [7, 11) is 1.85. The van der Waals surface area contributed by atoms with Gasteiger partial charge in [0.1, 0.15) is 5.82 Å². The van der Waals surface area contributed by atoms with Crippen LogP contribution in [0, 0.1) is 0 Å². The highest BCUT2D eigenvalue weighted by Gasteiger charge is 2.37. The Balaban J connectivity index is 1.60. The number of aromatic nitrogens is 5. The van der Waals surface area contributed by atoms with Crippen LogP contribution in [0.25, 0.3) is 0 Å². The Labute approximate surface area is 148 Å². The molecule has 0 N–H and O–H groups in total. The number of alkyl halides is 3. The number of anilines is 1. The minimum absolute atomic E-state index is 0.250. The molecule has 1 atom stereocenters. The second-order valence-electron chi connectivity index (χ2n) is 6.80. The van der Waals surface area contributed by atoms with Crippen LogP contribution in [0.4, 0.5) is 19.1 Å². The molecule has 0 spiro atoms. The maximum atomic E-state index is 12.9. The summed E-state index contributed by atoms with van der Waals surface area (Å²) in [6.07, 6.45) is 1.94. The lowest BCUT2D eigenvalue weighted by Gasteiger charge is -2.31. The van der Waals surface area contributed by atoms with Crippen molar-refractivity contribution in [1.29, 1.82) is 0 Å². The Bertz CT molecular complexity index is 855. The molecular formula is C16H19F3N6O. The molecule has 4 rings (SSSR count). The third-order valence-corrected chi connectivity index (χ3v) is 4.91. The smallest absolute Gasteiger partial charge is 0.434 e. The zero-order valence-electron chi connectivity index (χ0n) is 14.5. The maximum absolute atomic E-state index is 12.9. The summed E-state index contributed by atoms with van der Waals surface area (Å²) in [5, 5.41) is 8.56. The summed E-state index contributed by atoms with van der Waals surface area (Å²) in [5.41, 5.74) is -1.42. The average Bonchev–Trinajstić information content (AvgIpc) is 3.18. The fraction of sp³-hybridized carbons (Fsp3) is 0.562. The molecule has 0 aromatic carbocycles. The van der Waals surface area contributed by atoms with Gasteiger partial charge in [0.05, 0.1) is 12.8 Å². The molecule has 26 heavy (non-hydrogen) atoms. The van der Waals surface area contributed by atoms with Crippen molar-refractivity contribution >= 4 is 5.95 Å². The van der Waals surface area contributed by atoms with Crippen molar-refractivity contribution in [2.24, 2.45) is 7.05 Å². The van der Waals surface area contributed by atoms with E-state index < -0.39 is 17.5 Å². The van der Waals surface area contributed by atoms with Crippen molar-refractivity contribution in [3.63, 3.8) is 0 Å². The van der Waals surface area contributed by atoms with Crippen molar-refractivity contribution in [2.75, 3.05) is 11.4 Å². The van der Waals surface area contributed by atoms with Gasteiger partial charge >= 0.3 is 6.18 Å². The van der Waals surface area contributed by atoms with Gasteiger partial charge in [-0.25, -0.2) is 4.98 Å². The molecule has 2 aromatic rings. The SMILES string of the molecule is Cn1c(N2CCn3cc(C(F)(F)F)nc3C2)nnc1C1(C)CCC=CO1. The fourth-order valence-electron chi connectivity index (χ4n) is 3.46. The predicted octanol–water partition coefficient (Wildman–Crippen LogP) is 2.59. The number of ether oxygens (including phenoxy) is 1. The normalized spacial score (nSPS) is 23.0. The van der Waals surface area contributed by atoms with E-state index in [2.05, 4.69) is 15.2 Å². The molecule has 4 heterocycles. The van der Waals surface area contributed by atoms with Gasteiger partial charge in [0, 0.05) is 26.3 Å². The molecule has 0 radical (unpaired) electrons. The quantitative estimate of drug-likeness (QED) is 0.815. The maximum Gasteiger partial charge on any atom is 0.434 e. The van der Waals surface area contributed by atoms with Gasteiger partial charge in [-0.3, -0.25) is 4.57 Å². The number of allylic oxidation sites excluding steroid dienone is 1. The predicted molar refractivity (Wildman–Crippen MR) is 86.1 cm³/mol. The van der Waals surface area contributed by atoms with Crippen LogP contribution in [0.1, 0.15) is 37.1 Å². The third kappa shape index (κ3) is 2.73. The second kappa shape index (κ2) is 5.75. The molecule has 0 fully saturated rings. The van der Waals surface area contributed by atoms with Crippen LogP contribution in [0.5, 0.6) is 0 Å². The van der Waals surface area contributed by atoms with Crippen LogP contribution >= 0.6 is 0 Å². The number of halogens is 3. The zero-order valence-corrected chi connectivity index (χ0v) is 14.5. The minimum Gasteiger partial charge on any atom is -0.487 e.